The molecule has 0 amide bonds. The second-order valence-electron chi connectivity index (χ2n) is 6.86. The molecule has 0 N–H and O–H groups in total. The van der Waals surface area contributed by atoms with Crippen molar-refractivity contribution in [2.75, 3.05) is 32.3 Å². The summed E-state index contributed by atoms with van der Waals surface area (Å²) in [6.07, 6.45) is 2.41. The summed E-state index contributed by atoms with van der Waals surface area (Å²) in [5.74, 6) is 2.86. The molecule has 1 aromatic carbocycles. The number of rotatable bonds is 8. The van der Waals surface area contributed by atoms with Crippen molar-refractivity contribution in [1.82, 2.24) is 9.88 Å². The van der Waals surface area contributed by atoms with Crippen LogP contribution in [-0.4, -0.2) is 56.6 Å². The van der Waals surface area contributed by atoms with Gasteiger partial charge in [-0.25, -0.2) is 13.4 Å². The Morgan fingerprint density at radius 3 is 2.75 bits per heavy atom. The van der Waals surface area contributed by atoms with Gasteiger partial charge in [0, 0.05) is 19.1 Å². The largest absolute Gasteiger partial charge is 0.497 e. The highest BCUT2D eigenvalue weighted by Gasteiger charge is 2.32. The summed E-state index contributed by atoms with van der Waals surface area (Å²) in [7, 11) is 0.224. The van der Waals surface area contributed by atoms with Crippen molar-refractivity contribution in [1.29, 1.82) is 0 Å². The van der Waals surface area contributed by atoms with E-state index in [4.69, 9.17) is 13.9 Å². The average molecular weight is 407 g/mol. The SMILES string of the molecule is C=CCN(Cc1nc(-c2cc(OC)ccc2OC)oc1C)[C@@H]1CCS(=O)(=O)C1. The van der Waals surface area contributed by atoms with Crippen LogP contribution >= 0.6 is 0 Å². The van der Waals surface area contributed by atoms with E-state index < -0.39 is 9.84 Å². The monoisotopic (exact) mass is 406 g/mol. The summed E-state index contributed by atoms with van der Waals surface area (Å²) in [6, 6.07) is 5.40. The highest BCUT2D eigenvalue weighted by molar-refractivity contribution is 7.91. The van der Waals surface area contributed by atoms with E-state index in [1.165, 1.54) is 0 Å². The van der Waals surface area contributed by atoms with Gasteiger partial charge in [-0.2, -0.15) is 0 Å². The Kier molecular flexibility index (Phi) is 6.10. The van der Waals surface area contributed by atoms with E-state index in [0.717, 1.165) is 5.69 Å². The molecule has 0 radical (unpaired) electrons. The summed E-state index contributed by atoms with van der Waals surface area (Å²) in [6.45, 7) is 6.74. The van der Waals surface area contributed by atoms with Crippen molar-refractivity contribution in [2.24, 2.45) is 0 Å². The molecule has 1 saturated heterocycles. The Hall–Kier alpha value is -2.32. The quantitative estimate of drug-likeness (QED) is 0.624. The molecule has 1 atom stereocenters. The molecule has 1 fully saturated rings. The minimum Gasteiger partial charge on any atom is -0.497 e. The molecular weight excluding hydrogens is 380 g/mol. The fraction of sp³-hybridized carbons (Fsp3) is 0.450. The molecule has 2 heterocycles. The van der Waals surface area contributed by atoms with Crippen molar-refractivity contribution in [3.63, 3.8) is 0 Å². The molecule has 0 aliphatic carbocycles. The lowest BCUT2D eigenvalue weighted by atomic mass is 10.2. The van der Waals surface area contributed by atoms with Gasteiger partial charge in [0.1, 0.15) is 17.3 Å². The highest BCUT2D eigenvalue weighted by Crippen LogP contribution is 2.34. The number of methoxy groups -OCH3 is 2. The van der Waals surface area contributed by atoms with E-state index >= 15 is 0 Å². The summed E-state index contributed by atoms with van der Waals surface area (Å²) in [4.78, 5) is 6.76. The second kappa shape index (κ2) is 8.36. The minimum atomic E-state index is -2.97. The van der Waals surface area contributed by atoms with Gasteiger partial charge in [0.15, 0.2) is 9.84 Å². The van der Waals surface area contributed by atoms with Crippen LogP contribution in [0, 0.1) is 6.92 Å². The zero-order valence-corrected chi connectivity index (χ0v) is 17.3. The molecule has 0 bridgehead atoms. The van der Waals surface area contributed by atoms with E-state index in [1.807, 2.05) is 19.1 Å². The van der Waals surface area contributed by atoms with Crippen LogP contribution < -0.4 is 9.47 Å². The predicted molar refractivity (Wildman–Crippen MR) is 107 cm³/mol. The van der Waals surface area contributed by atoms with Crippen LogP contribution in [0.2, 0.25) is 0 Å². The predicted octanol–water partition coefficient (Wildman–Crippen LogP) is 2.84. The fourth-order valence-corrected chi connectivity index (χ4v) is 5.20. The third-order valence-corrected chi connectivity index (χ3v) is 6.72. The van der Waals surface area contributed by atoms with Crippen molar-refractivity contribution >= 4 is 9.84 Å². The van der Waals surface area contributed by atoms with Gasteiger partial charge in [-0.15, -0.1) is 6.58 Å². The summed E-state index contributed by atoms with van der Waals surface area (Å²) in [5.41, 5.74) is 1.47. The van der Waals surface area contributed by atoms with Crippen LogP contribution in [0.5, 0.6) is 11.5 Å². The van der Waals surface area contributed by atoms with Gasteiger partial charge < -0.3 is 13.9 Å². The first-order valence-electron chi connectivity index (χ1n) is 9.11. The molecule has 7 nitrogen and oxygen atoms in total. The Morgan fingerprint density at radius 2 is 2.14 bits per heavy atom. The summed E-state index contributed by atoms with van der Waals surface area (Å²) in [5, 5.41) is 0. The smallest absolute Gasteiger partial charge is 0.230 e. The first-order valence-corrected chi connectivity index (χ1v) is 10.9. The minimum absolute atomic E-state index is 0.0334. The Labute approximate surface area is 165 Å². The molecule has 2 aromatic rings. The number of sulfone groups is 1. The third-order valence-electron chi connectivity index (χ3n) is 4.97. The molecule has 1 aromatic heterocycles. The number of aromatic nitrogens is 1. The normalized spacial score (nSPS) is 18.4. The zero-order valence-electron chi connectivity index (χ0n) is 16.5. The fourth-order valence-electron chi connectivity index (χ4n) is 3.44. The van der Waals surface area contributed by atoms with Crippen LogP contribution in [0.15, 0.2) is 35.3 Å². The Balaban J connectivity index is 1.88. The lowest BCUT2D eigenvalue weighted by Gasteiger charge is -2.25. The third kappa shape index (κ3) is 4.39. The topological polar surface area (TPSA) is 81.9 Å². The van der Waals surface area contributed by atoms with Gasteiger partial charge in [0.25, 0.3) is 0 Å². The van der Waals surface area contributed by atoms with Crippen molar-refractivity contribution in [3.05, 3.63) is 42.3 Å². The number of nitrogens with zero attached hydrogens (tertiary/aromatic N) is 2. The summed E-state index contributed by atoms with van der Waals surface area (Å²) < 4.78 is 40.4. The van der Waals surface area contributed by atoms with Crippen molar-refractivity contribution in [2.45, 2.75) is 25.9 Å². The van der Waals surface area contributed by atoms with Crippen LogP contribution in [0.1, 0.15) is 17.9 Å². The Bertz CT molecular complexity index is 952. The van der Waals surface area contributed by atoms with Gasteiger partial charge >= 0.3 is 0 Å². The number of ether oxygens (including phenoxy) is 2. The average Bonchev–Trinajstić information content (AvgIpc) is 3.22. The van der Waals surface area contributed by atoms with Crippen molar-refractivity contribution < 1.29 is 22.3 Å². The van der Waals surface area contributed by atoms with Crippen LogP contribution in [-0.2, 0) is 16.4 Å². The number of oxazole rings is 1. The maximum Gasteiger partial charge on any atom is 0.230 e. The maximum absolute atomic E-state index is 11.9. The standard InChI is InChI=1S/C20H26N2O5S/c1-5-9-22(15-8-10-28(23,24)13-15)12-18-14(2)27-20(21-18)17-11-16(25-3)6-7-19(17)26-4/h5-7,11,15H,1,8-10,12-13H2,2-4H3/t15-/m1/s1. The van der Waals surface area contributed by atoms with Crippen LogP contribution in [0.3, 0.4) is 0 Å². The maximum atomic E-state index is 11.9. The van der Waals surface area contributed by atoms with E-state index in [9.17, 15) is 8.42 Å². The van der Waals surface area contributed by atoms with Gasteiger partial charge in [-0.1, -0.05) is 6.08 Å². The molecule has 0 spiro atoms. The highest BCUT2D eigenvalue weighted by atomic mass is 32.2. The summed E-state index contributed by atoms with van der Waals surface area (Å²) >= 11 is 0. The van der Waals surface area contributed by atoms with E-state index in [2.05, 4.69) is 16.5 Å². The lowest BCUT2D eigenvalue weighted by molar-refractivity contribution is 0.223. The molecular formula is C20H26N2O5S. The van der Waals surface area contributed by atoms with Crippen LogP contribution in [0.4, 0.5) is 0 Å². The molecule has 3 rings (SSSR count). The van der Waals surface area contributed by atoms with Gasteiger partial charge in [-0.3, -0.25) is 4.90 Å². The van der Waals surface area contributed by atoms with E-state index in [-0.39, 0.29) is 17.5 Å². The number of hydrogen-bond acceptors (Lipinski definition) is 7. The van der Waals surface area contributed by atoms with Gasteiger partial charge in [0.2, 0.25) is 5.89 Å². The molecule has 28 heavy (non-hydrogen) atoms. The zero-order chi connectivity index (χ0) is 20.3. The first kappa shape index (κ1) is 20.4. The number of hydrogen-bond donors (Lipinski definition) is 0. The number of aryl methyl sites for hydroxylation is 1. The molecule has 8 heteroatoms. The Morgan fingerprint density at radius 1 is 1.36 bits per heavy atom. The molecule has 0 unspecified atom stereocenters. The van der Waals surface area contributed by atoms with Crippen molar-refractivity contribution in [3.8, 4) is 23.0 Å². The molecule has 152 valence electrons. The van der Waals surface area contributed by atoms with Gasteiger partial charge in [0.05, 0.1) is 37.0 Å². The molecule has 1 aliphatic rings. The van der Waals surface area contributed by atoms with E-state index in [1.54, 1.807) is 26.4 Å². The second-order valence-corrected chi connectivity index (χ2v) is 9.09. The van der Waals surface area contributed by atoms with Crippen LogP contribution in [0.25, 0.3) is 11.5 Å². The van der Waals surface area contributed by atoms with E-state index in [0.29, 0.717) is 48.2 Å². The molecule has 0 saturated carbocycles. The molecule has 1 aliphatic heterocycles. The number of benzene rings is 1. The lowest BCUT2D eigenvalue weighted by Crippen LogP contribution is -2.36. The van der Waals surface area contributed by atoms with Gasteiger partial charge in [-0.05, 0) is 31.5 Å². The first-order chi connectivity index (χ1) is 13.4.